The summed E-state index contributed by atoms with van der Waals surface area (Å²) < 4.78 is 0.380. The van der Waals surface area contributed by atoms with Gasteiger partial charge in [-0.25, -0.2) is 0 Å². The largest absolute Gasteiger partial charge is 0.122 e. The Balaban J connectivity index is 2.93. The van der Waals surface area contributed by atoms with Gasteiger partial charge in [0.1, 0.15) is 0 Å². The molecule has 0 saturated heterocycles. The van der Waals surface area contributed by atoms with Gasteiger partial charge >= 0.3 is 0 Å². The van der Waals surface area contributed by atoms with Crippen molar-refractivity contribution >= 4 is 34.2 Å². The minimum absolute atomic E-state index is 0.380. The number of benzene rings is 1. The summed E-state index contributed by atoms with van der Waals surface area (Å²) in [4.78, 5) is 0. The minimum Gasteiger partial charge on any atom is -0.122 e. The molecule has 64 valence electrons. The van der Waals surface area contributed by atoms with E-state index >= 15 is 0 Å². The fourth-order valence-electron chi connectivity index (χ4n) is 0.984. The molecule has 1 aromatic rings. The second-order valence-electron chi connectivity index (χ2n) is 2.52. The summed E-state index contributed by atoms with van der Waals surface area (Å²) in [7, 11) is 0. The average molecular weight is 293 g/mol. The van der Waals surface area contributed by atoms with E-state index in [1.807, 2.05) is 18.2 Å². The molecule has 1 aromatic carbocycles. The van der Waals surface area contributed by atoms with Crippen LogP contribution in [0.4, 0.5) is 0 Å². The Kier molecular flexibility index (Phi) is 4.09. The molecule has 0 aliphatic rings. The van der Waals surface area contributed by atoms with Crippen molar-refractivity contribution in [3.63, 3.8) is 0 Å². The standard InChI is InChI=1S/C10H10ClI/c1-2-10(12)9-5-3-4-8(6-9)7-11/h2-6,10H,1,7H2. The lowest BCUT2D eigenvalue weighted by molar-refractivity contribution is 1.25. The van der Waals surface area contributed by atoms with Crippen LogP contribution < -0.4 is 0 Å². The van der Waals surface area contributed by atoms with Gasteiger partial charge < -0.3 is 0 Å². The average Bonchev–Trinajstić information content (AvgIpc) is 2.17. The second kappa shape index (κ2) is 4.87. The highest BCUT2D eigenvalue weighted by Gasteiger charge is 2.01. The van der Waals surface area contributed by atoms with Crippen molar-refractivity contribution in [2.75, 3.05) is 0 Å². The predicted molar refractivity (Wildman–Crippen MR) is 63.0 cm³/mol. The molecule has 0 amide bonds. The molecule has 0 radical (unpaired) electrons. The lowest BCUT2D eigenvalue weighted by atomic mass is 10.1. The first-order chi connectivity index (χ1) is 5.77. The molecular formula is C10H10ClI. The lowest BCUT2D eigenvalue weighted by Gasteiger charge is -2.05. The number of rotatable bonds is 3. The van der Waals surface area contributed by atoms with Crippen LogP contribution in [0.5, 0.6) is 0 Å². The fourth-order valence-corrected chi connectivity index (χ4v) is 1.54. The van der Waals surface area contributed by atoms with Gasteiger partial charge in [-0.05, 0) is 11.1 Å². The molecule has 0 N–H and O–H groups in total. The summed E-state index contributed by atoms with van der Waals surface area (Å²) >= 11 is 8.06. The Morgan fingerprint density at radius 3 is 2.92 bits per heavy atom. The summed E-state index contributed by atoms with van der Waals surface area (Å²) in [5.74, 6) is 0.578. The van der Waals surface area contributed by atoms with Gasteiger partial charge in [0, 0.05) is 5.88 Å². The van der Waals surface area contributed by atoms with Crippen molar-refractivity contribution in [1.82, 2.24) is 0 Å². The highest BCUT2D eigenvalue weighted by atomic mass is 127. The molecule has 1 unspecified atom stereocenters. The molecule has 0 bridgehead atoms. The molecule has 2 heteroatoms. The van der Waals surface area contributed by atoms with E-state index < -0.39 is 0 Å². The van der Waals surface area contributed by atoms with E-state index in [-0.39, 0.29) is 0 Å². The molecule has 0 saturated carbocycles. The molecule has 0 fully saturated rings. The third-order valence-electron chi connectivity index (χ3n) is 1.63. The Morgan fingerprint density at radius 2 is 2.33 bits per heavy atom. The van der Waals surface area contributed by atoms with E-state index in [1.165, 1.54) is 5.56 Å². The molecule has 0 aliphatic carbocycles. The Labute approximate surface area is 91.8 Å². The summed E-state index contributed by atoms with van der Waals surface area (Å²) in [5, 5.41) is 0. The maximum absolute atomic E-state index is 5.72. The molecule has 1 atom stereocenters. The van der Waals surface area contributed by atoms with Crippen molar-refractivity contribution in [2.45, 2.75) is 9.80 Å². The molecule has 1 rings (SSSR count). The Bertz CT molecular complexity index is 270. The predicted octanol–water partition coefficient (Wildman–Crippen LogP) is 4.09. The van der Waals surface area contributed by atoms with Gasteiger partial charge in [0.2, 0.25) is 0 Å². The van der Waals surface area contributed by atoms with Crippen molar-refractivity contribution in [3.05, 3.63) is 48.0 Å². The van der Waals surface area contributed by atoms with Crippen molar-refractivity contribution in [2.24, 2.45) is 0 Å². The van der Waals surface area contributed by atoms with Gasteiger partial charge in [-0.15, -0.1) is 18.2 Å². The number of allylic oxidation sites excluding steroid dienone is 1. The SMILES string of the molecule is C=CC(I)c1cccc(CCl)c1. The zero-order valence-corrected chi connectivity index (χ0v) is 9.55. The number of halogens is 2. The van der Waals surface area contributed by atoms with Crippen molar-refractivity contribution < 1.29 is 0 Å². The van der Waals surface area contributed by atoms with Crippen molar-refractivity contribution in [3.8, 4) is 0 Å². The van der Waals surface area contributed by atoms with Crippen LogP contribution in [-0.2, 0) is 5.88 Å². The number of hydrogen-bond acceptors (Lipinski definition) is 0. The van der Waals surface area contributed by atoms with E-state index in [4.69, 9.17) is 11.6 Å². The van der Waals surface area contributed by atoms with Crippen LogP contribution in [0.3, 0.4) is 0 Å². The van der Waals surface area contributed by atoms with Gasteiger partial charge in [-0.1, -0.05) is 52.9 Å². The summed E-state index contributed by atoms with van der Waals surface area (Å²) in [5.41, 5.74) is 2.43. The smallest absolute Gasteiger partial charge is 0.0536 e. The fraction of sp³-hybridized carbons (Fsp3) is 0.200. The van der Waals surface area contributed by atoms with Crippen LogP contribution in [-0.4, -0.2) is 0 Å². The lowest BCUT2D eigenvalue weighted by Crippen LogP contribution is -1.86. The summed E-state index contributed by atoms with van der Waals surface area (Å²) in [6, 6.07) is 8.27. The van der Waals surface area contributed by atoms with Crippen LogP contribution in [0.1, 0.15) is 15.1 Å². The van der Waals surface area contributed by atoms with Crippen LogP contribution in [0.25, 0.3) is 0 Å². The van der Waals surface area contributed by atoms with E-state index in [9.17, 15) is 0 Å². The molecule has 0 aromatic heterocycles. The zero-order chi connectivity index (χ0) is 8.97. The first kappa shape index (κ1) is 10.1. The molecule has 0 spiro atoms. The molecule has 12 heavy (non-hydrogen) atoms. The van der Waals surface area contributed by atoms with Gasteiger partial charge in [0.05, 0.1) is 3.92 Å². The third-order valence-corrected chi connectivity index (χ3v) is 3.17. The minimum atomic E-state index is 0.380. The van der Waals surface area contributed by atoms with Gasteiger partial charge in [-0.3, -0.25) is 0 Å². The topological polar surface area (TPSA) is 0 Å². The normalized spacial score (nSPS) is 12.5. The third kappa shape index (κ3) is 2.49. The highest BCUT2D eigenvalue weighted by molar-refractivity contribution is 14.1. The first-order valence-corrected chi connectivity index (χ1v) is 5.47. The summed E-state index contributed by atoms with van der Waals surface area (Å²) in [6.45, 7) is 3.75. The molecule has 0 nitrogen and oxygen atoms in total. The number of alkyl halides is 2. The number of hydrogen-bond donors (Lipinski definition) is 0. The van der Waals surface area contributed by atoms with Gasteiger partial charge in [-0.2, -0.15) is 0 Å². The maximum atomic E-state index is 5.72. The Hall–Kier alpha value is -0.0200. The van der Waals surface area contributed by atoms with E-state index in [1.54, 1.807) is 0 Å². The van der Waals surface area contributed by atoms with Crippen LogP contribution in [0.2, 0.25) is 0 Å². The van der Waals surface area contributed by atoms with Gasteiger partial charge in [0.25, 0.3) is 0 Å². The van der Waals surface area contributed by atoms with E-state index in [0.717, 1.165) is 5.56 Å². The Morgan fingerprint density at radius 1 is 1.58 bits per heavy atom. The quantitative estimate of drug-likeness (QED) is 0.447. The van der Waals surface area contributed by atoms with Crippen LogP contribution >= 0.6 is 34.2 Å². The van der Waals surface area contributed by atoms with Crippen molar-refractivity contribution in [1.29, 1.82) is 0 Å². The first-order valence-electron chi connectivity index (χ1n) is 3.69. The second-order valence-corrected chi connectivity index (χ2v) is 4.13. The summed E-state index contributed by atoms with van der Waals surface area (Å²) in [6.07, 6.45) is 1.92. The van der Waals surface area contributed by atoms with E-state index in [0.29, 0.717) is 9.80 Å². The zero-order valence-electron chi connectivity index (χ0n) is 6.63. The van der Waals surface area contributed by atoms with Crippen LogP contribution in [0, 0.1) is 0 Å². The molecular weight excluding hydrogens is 282 g/mol. The maximum Gasteiger partial charge on any atom is 0.0536 e. The molecule has 0 aliphatic heterocycles. The molecule has 0 heterocycles. The van der Waals surface area contributed by atoms with Gasteiger partial charge in [0.15, 0.2) is 0 Å². The van der Waals surface area contributed by atoms with E-state index in [2.05, 4.69) is 41.3 Å². The highest BCUT2D eigenvalue weighted by Crippen LogP contribution is 2.24. The van der Waals surface area contributed by atoms with Crippen LogP contribution in [0.15, 0.2) is 36.9 Å². The monoisotopic (exact) mass is 292 g/mol.